The maximum absolute atomic E-state index is 15.2. The minimum absolute atomic E-state index is 0.0874. The van der Waals surface area contributed by atoms with Crippen molar-refractivity contribution in [3.05, 3.63) is 80.3 Å². The van der Waals surface area contributed by atoms with E-state index in [1.54, 1.807) is 29.8 Å². The number of nitrogens with zero attached hydrogens (tertiary/aromatic N) is 2. The number of aryl methyl sites for hydroxylation is 1. The number of ether oxygens (including phenoxy) is 3. The summed E-state index contributed by atoms with van der Waals surface area (Å²) in [6.45, 7) is 3.06. The molecule has 2 aliphatic heterocycles. The van der Waals surface area contributed by atoms with Crippen LogP contribution in [-0.2, 0) is 34.2 Å². The van der Waals surface area contributed by atoms with Gasteiger partial charge in [0.1, 0.15) is 35.0 Å². The van der Waals surface area contributed by atoms with Gasteiger partial charge in [0.15, 0.2) is 0 Å². The minimum Gasteiger partial charge on any atom is -0.493 e. The van der Waals surface area contributed by atoms with Crippen LogP contribution in [0.25, 0.3) is 11.1 Å². The normalized spacial score (nSPS) is 17.0. The van der Waals surface area contributed by atoms with Crippen LogP contribution in [0.1, 0.15) is 39.2 Å². The number of fused-ring (bicyclic) bond motifs is 1. The highest BCUT2D eigenvalue weighted by molar-refractivity contribution is 5.97. The third-order valence-electron chi connectivity index (χ3n) is 8.74. The minimum atomic E-state index is -4.73. The van der Waals surface area contributed by atoms with Crippen LogP contribution in [0.15, 0.2) is 35.1 Å². The SMILES string of the molecule is COC(=O)[C@H](Cc1ccc(-c2cc(C)c(C)n(C)c2=O)c2c1CCCO2)NC(=O)c1c(F)cc(N2CCOC[C@@H]2C(F)(F)F)cc1F. The largest absolute Gasteiger partial charge is 0.493 e. The lowest BCUT2D eigenvalue weighted by Gasteiger charge is -2.38. The van der Waals surface area contributed by atoms with Gasteiger partial charge < -0.3 is 29.0 Å². The quantitative estimate of drug-likeness (QED) is 0.293. The number of nitrogens with one attached hydrogen (secondary N) is 1. The van der Waals surface area contributed by atoms with E-state index in [1.807, 2.05) is 13.8 Å². The molecule has 9 nitrogen and oxygen atoms in total. The third kappa shape index (κ3) is 6.69. The van der Waals surface area contributed by atoms with Crippen LogP contribution in [0.5, 0.6) is 5.75 Å². The Bertz CT molecular complexity index is 1750. The van der Waals surface area contributed by atoms with Gasteiger partial charge in [-0.05, 0) is 61.6 Å². The lowest BCUT2D eigenvalue weighted by atomic mass is 9.90. The number of amides is 1. The standard InChI is InChI=1S/C33H34F5N3O6/c1-17-12-23(31(43)40(3)18(17)2)22-8-7-19(21-6-5-10-47-29(21)22)13-26(32(44)45-4)39-30(42)28-24(34)14-20(15-25(28)35)41-9-11-46-16-27(41)33(36,37)38/h7-8,12,14-15,26-27H,5-6,9-11,13,16H2,1-4H3,(H,39,42)/t26-,27+/m0/s1. The van der Waals surface area contributed by atoms with E-state index in [9.17, 15) is 27.6 Å². The summed E-state index contributed by atoms with van der Waals surface area (Å²) in [4.78, 5) is 40.0. The van der Waals surface area contributed by atoms with Crippen molar-refractivity contribution in [3.8, 4) is 16.9 Å². The molecule has 3 heterocycles. The fourth-order valence-corrected chi connectivity index (χ4v) is 6.02. The summed E-state index contributed by atoms with van der Waals surface area (Å²) in [5.41, 5.74) is 2.34. The summed E-state index contributed by atoms with van der Waals surface area (Å²) in [5.74, 6) is -4.53. The molecule has 0 spiro atoms. The number of anilines is 1. The van der Waals surface area contributed by atoms with E-state index in [4.69, 9.17) is 14.2 Å². The van der Waals surface area contributed by atoms with Crippen LogP contribution < -0.4 is 20.5 Å². The van der Waals surface area contributed by atoms with Crippen molar-refractivity contribution in [1.82, 2.24) is 9.88 Å². The Hall–Kier alpha value is -4.46. The molecule has 0 saturated carbocycles. The van der Waals surface area contributed by atoms with Crippen LogP contribution in [-0.4, -0.2) is 68.2 Å². The maximum Gasteiger partial charge on any atom is 0.411 e. The molecule has 252 valence electrons. The molecule has 0 aliphatic carbocycles. The Labute approximate surface area is 267 Å². The van der Waals surface area contributed by atoms with Crippen LogP contribution >= 0.6 is 0 Å². The molecule has 1 N–H and O–H groups in total. The number of aromatic nitrogens is 1. The molecule has 0 bridgehead atoms. The zero-order valence-electron chi connectivity index (χ0n) is 26.2. The Balaban J connectivity index is 1.45. The molecule has 0 radical (unpaired) electrons. The van der Waals surface area contributed by atoms with Gasteiger partial charge in [0.05, 0.1) is 32.5 Å². The summed E-state index contributed by atoms with van der Waals surface area (Å²) in [6, 6.07) is 2.97. The third-order valence-corrected chi connectivity index (χ3v) is 8.74. The number of carbonyl (C=O) groups excluding carboxylic acids is 2. The van der Waals surface area contributed by atoms with Gasteiger partial charge >= 0.3 is 12.1 Å². The first kappa shape index (κ1) is 33.9. The first-order chi connectivity index (χ1) is 22.2. The average molecular weight is 664 g/mol. The Morgan fingerprint density at radius 1 is 1.09 bits per heavy atom. The second-order valence-corrected chi connectivity index (χ2v) is 11.6. The predicted octanol–water partition coefficient (Wildman–Crippen LogP) is 4.55. The zero-order chi connectivity index (χ0) is 34.2. The molecular formula is C33H34F5N3O6. The second-order valence-electron chi connectivity index (χ2n) is 11.6. The fraction of sp³-hybridized carbons (Fsp3) is 0.424. The average Bonchev–Trinajstić information content (AvgIpc) is 3.04. The fourth-order valence-electron chi connectivity index (χ4n) is 6.02. The van der Waals surface area contributed by atoms with Crippen molar-refractivity contribution in [3.63, 3.8) is 0 Å². The van der Waals surface area contributed by atoms with Crippen molar-refractivity contribution in [1.29, 1.82) is 0 Å². The lowest BCUT2D eigenvalue weighted by Crippen LogP contribution is -2.53. The van der Waals surface area contributed by atoms with Crippen molar-refractivity contribution >= 4 is 17.6 Å². The number of halogens is 5. The molecule has 1 fully saturated rings. The van der Waals surface area contributed by atoms with Crippen molar-refractivity contribution in [2.45, 2.75) is 51.4 Å². The van der Waals surface area contributed by atoms with Gasteiger partial charge in [-0.15, -0.1) is 0 Å². The number of hydrogen-bond donors (Lipinski definition) is 1. The Morgan fingerprint density at radius 2 is 1.79 bits per heavy atom. The Kier molecular flexibility index (Phi) is 9.62. The van der Waals surface area contributed by atoms with E-state index in [-0.39, 0.29) is 25.1 Å². The second kappa shape index (κ2) is 13.3. The number of pyridine rings is 1. The molecule has 1 saturated heterocycles. The topological polar surface area (TPSA) is 99.1 Å². The Morgan fingerprint density at radius 3 is 2.45 bits per heavy atom. The summed E-state index contributed by atoms with van der Waals surface area (Å²) < 4.78 is 88.5. The highest BCUT2D eigenvalue weighted by atomic mass is 19.4. The van der Waals surface area contributed by atoms with E-state index in [2.05, 4.69) is 5.32 Å². The molecule has 5 rings (SSSR count). The monoisotopic (exact) mass is 663 g/mol. The molecule has 3 aromatic rings. The van der Waals surface area contributed by atoms with Crippen molar-refractivity contribution < 1.29 is 45.8 Å². The number of alkyl halides is 3. The van der Waals surface area contributed by atoms with Gasteiger partial charge in [-0.3, -0.25) is 9.59 Å². The number of morpholine rings is 1. The van der Waals surface area contributed by atoms with Crippen LogP contribution in [0.4, 0.5) is 27.6 Å². The molecule has 14 heteroatoms. The molecule has 2 aliphatic rings. The van der Waals surface area contributed by atoms with Gasteiger partial charge in [0, 0.05) is 37.0 Å². The van der Waals surface area contributed by atoms with Gasteiger partial charge in [0.2, 0.25) is 0 Å². The molecule has 47 heavy (non-hydrogen) atoms. The van der Waals surface area contributed by atoms with Crippen molar-refractivity contribution in [2.24, 2.45) is 7.05 Å². The van der Waals surface area contributed by atoms with E-state index in [0.29, 0.717) is 59.6 Å². The predicted molar refractivity (Wildman–Crippen MR) is 162 cm³/mol. The first-order valence-electron chi connectivity index (χ1n) is 15.0. The zero-order valence-corrected chi connectivity index (χ0v) is 26.2. The molecule has 2 atom stereocenters. The lowest BCUT2D eigenvalue weighted by molar-refractivity contribution is -0.167. The van der Waals surface area contributed by atoms with Crippen LogP contribution in [0.3, 0.4) is 0 Å². The number of esters is 1. The van der Waals surface area contributed by atoms with Crippen LogP contribution in [0, 0.1) is 25.5 Å². The van der Waals surface area contributed by atoms with E-state index < -0.39 is 59.6 Å². The summed E-state index contributed by atoms with van der Waals surface area (Å²) in [6.07, 6.45) is -3.69. The number of carbonyl (C=O) groups is 2. The van der Waals surface area contributed by atoms with Gasteiger partial charge in [0.25, 0.3) is 11.5 Å². The van der Waals surface area contributed by atoms with Gasteiger partial charge in [-0.2, -0.15) is 13.2 Å². The molecule has 0 unspecified atom stereocenters. The highest BCUT2D eigenvalue weighted by Gasteiger charge is 2.46. The number of rotatable bonds is 7. The summed E-state index contributed by atoms with van der Waals surface area (Å²) >= 11 is 0. The van der Waals surface area contributed by atoms with Gasteiger partial charge in [-0.1, -0.05) is 12.1 Å². The van der Waals surface area contributed by atoms with Crippen molar-refractivity contribution in [2.75, 3.05) is 38.4 Å². The molecular weight excluding hydrogens is 629 g/mol. The van der Waals surface area contributed by atoms with Gasteiger partial charge in [-0.25, -0.2) is 13.6 Å². The van der Waals surface area contributed by atoms with E-state index in [0.717, 1.165) is 23.3 Å². The molecule has 1 amide bonds. The van der Waals surface area contributed by atoms with Crippen LogP contribution in [0.2, 0.25) is 0 Å². The van der Waals surface area contributed by atoms with E-state index >= 15 is 8.78 Å². The number of hydrogen-bond acceptors (Lipinski definition) is 7. The molecule has 1 aromatic heterocycles. The smallest absolute Gasteiger partial charge is 0.411 e. The maximum atomic E-state index is 15.2. The number of benzene rings is 2. The van der Waals surface area contributed by atoms with E-state index in [1.165, 1.54) is 0 Å². The molecule has 2 aromatic carbocycles. The first-order valence-corrected chi connectivity index (χ1v) is 15.0. The highest BCUT2D eigenvalue weighted by Crippen LogP contribution is 2.38. The summed E-state index contributed by atoms with van der Waals surface area (Å²) in [7, 11) is 2.77. The number of methoxy groups -OCH3 is 1. The summed E-state index contributed by atoms with van der Waals surface area (Å²) in [5, 5.41) is 2.33.